The molecule has 4 heteroatoms. The van der Waals surface area contributed by atoms with Crippen molar-refractivity contribution in [3.8, 4) is 6.07 Å². The number of aryl methyl sites for hydroxylation is 2. The maximum absolute atomic E-state index is 12.7. The lowest BCUT2D eigenvalue weighted by Gasteiger charge is -2.32. The van der Waals surface area contributed by atoms with E-state index in [2.05, 4.69) is 6.07 Å². The molecule has 2 amide bonds. The van der Waals surface area contributed by atoms with E-state index in [1.807, 2.05) is 39.8 Å². The largest absolute Gasteiger partial charge is 0.269 e. The molecule has 1 aliphatic heterocycles. The van der Waals surface area contributed by atoms with Gasteiger partial charge in [-0.25, -0.2) is 0 Å². The zero-order chi connectivity index (χ0) is 15.1. The Morgan fingerprint density at radius 3 is 1.75 bits per heavy atom. The van der Waals surface area contributed by atoms with Crippen molar-refractivity contribution in [2.75, 3.05) is 0 Å². The van der Waals surface area contributed by atoms with Gasteiger partial charge in [-0.1, -0.05) is 26.0 Å². The van der Waals surface area contributed by atoms with Crippen molar-refractivity contribution < 1.29 is 9.59 Å². The Balaban J connectivity index is 2.68. The van der Waals surface area contributed by atoms with E-state index in [4.69, 9.17) is 0 Å². The summed E-state index contributed by atoms with van der Waals surface area (Å²) in [6.07, 6.45) is 0.868. The number of nitrogens with zero attached hydrogens (tertiary/aromatic N) is 2. The van der Waals surface area contributed by atoms with Crippen molar-refractivity contribution >= 4 is 11.8 Å². The van der Waals surface area contributed by atoms with E-state index < -0.39 is 5.54 Å². The number of carbonyl (C=O) groups is 2. The number of amides is 2. The summed E-state index contributed by atoms with van der Waals surface area (Å²) >= 11 is 0. The fraction of sp³-hybridized carbons (Fsp3) is 0.438. The first kappa shape index (κ1) is 14.3. The Morgan fingerprint density at radius 2 is 1.45 bits per heavy atom. The predicted molar refractivity (Wildman–Crippen MR) is 75.3 cm³/mol. The molecule has 0 saturated heterocycles. The average Bonchev–Trinajstić information content (AvgIpc) is 2.72. The summed E-state index contributed by atoms with van der Waals surface area (Å²) in [5.41, 5.74) is 1.43. The Kier molecular flexibility index (Phi) is 3.39. The molecule has 0 spiro atoms. The summed E-state index contributed by atoms with van der Waals surface area (Å²) in [5.74, 6) is -0.673. The van der Waals surface area contributed by atoms with Crippen LogP contribution in [0.15, 0.2) is 12.1 Å². The van der Waals surface area contributed by atoms with Gasteiger partial charge in [0.25, 0.3) is 11.8 Å². The summed E-state index contributed by atoms with van der Waals surface area (Å²) in [7, 11) is 0. The molecular weight excluding hydrogens is 252 g/mol. The lowest BCUT2D eigenvalue weighted by molar-refractivity contribution is 0.0494. The van der Waals surface area contributed by atoms with Gasteiger partial charge in [0.2, 0.25) is 0 Å². The van der Waals surface area contributed by atoms with E-state index in [0.717, 1.165) is 16.0 Å². The number of benzene rings is 1. The van der Waals surface area contributed by atoms with Gasteiger partial charge in [-0.05, 0) is 37.8 Å². The Bertz CT molecular complexity index is 596. The molecule has 0 unspecified atom stereocenters. The first-order valence-electron chi connectivity index (χ1n) is 6.83. The summed E-state index contributed by atoms with van der Waals surface area (Å²) in [4.78, 5) is 26.5. The molecule has 1 aliphatic rings. The molecule has 0 aliphatic carbocycles. The van der Waals surface area contributed by atoms with Crippen LogP contribution >= 0.6 is 0 Å². The third-order valence-corrected chi connectivity index (χ3v) is 4.26. The molecule has 0 aromatic heterocycles. The zero-order valence-electron chi connectivity index (χ0n) is 12.3. The Hall–Kier alpha value is -2.15. The average molecular weight is 270 g/mol. The lowest BCUT2D eigenvalue weighted by Crippen LogP contribution is -2.50. The van der Waals surface area contributed by atoms with Gasteiger partial charge in [0, 0.05) is 0 Å². The fourth-order valence-electron chi connectivity index (χ4n) is 2.84. The molecular formula is C16H18N2O2. The first-order valence-corrected chi connectivity index (χ1v) is 6.83. The molecule has 0 atom stereocenters. The van der Waals surface area contributed by atoms with E-state index in [-0.39, 0.29) is 11.8 Å². The number of rotatable bonds is 3. The summed E-state index contributed by atoms with van der Waals surface area (Å²) in [6, 6.07) is 5.86. The molecule has 20 heavy (non-hydrogen) atoms. The number of nitriles is 1. The summed E-state index contributed by atoms with van der Waals surface area (Å²) in [5, 5.41) is 9.49. The normalized spacial score (nSPS) is 14.4. The molecule has 1 heterocycles. The van der Waals surface area contributed by atoms with Crippen LogP contribution in [-0.2, 0) is 0 Å². The number of hydrogen-bond donors (Lipinski definition) is 0. The van der Waals surface area contributed by atoms with Crippen molar-refractivity contribution in [1.82, 2.24) is 4.90 Å². The van der Waals surface area contributed by atoms with Gasteiger partial charge >= 0.3 is 0 Å². The molecule has 0 saturated carbocycles. The third kappa shape index (κ3) is 1.66. The fourth-order valence-corrected chi connectivity index (χ4v) is 2.84. The van der Waals surface area contributed by atoms with Gasteiger partial charge in [0.05, 0.1) is 17.2 Å². The van der Waals surface area contributed by atoms with Crippen LogP contribution in [0.4, 0.5) is 0 Å². The number of fused-ring (bicyclic) bond motifs is 1. The molecule has 0 fully saturated rings. The van der Waals surface area contributed by atoms with Gasteiger partial charge < -0.3 is 0 Å². The zero-order valence-corrected chi connectivity index (χ0v) is 12.3. The smallest absolute Gasteiger partial charge is 0.263 e. The Labute approximate surface area is 119 Å². The van der Waals surface area contributed by atoms with E-state index in [1.54, 1.807) is 0 Å². The Morgan fingerprint density at radius 1 is 1.05 bits per heavy atom. The second-order valence-corrected chi connectivity index (χ2v) is 5.25. The van der Waals surface area contributed by atoms with Gasteiger partial charge in [0.15, 0.2) is 0 Å². The molecule has 0 bridgehead atoms. The minimum atomic E-state index is -1.05. The van der Waals surface area contributed by atoms with Crippen LogP contribution in [0, 0.1) is 25.2 Å². The van der Waals surface area contributed by atoms with Crippen LogP contribution in [0.25, 0.3) is 0 Å². The monoisotopic (exact) mass is 270 g/mol. The predicted octanol–water partition coefficient (Wildman–Crippen LogP) is 2.98. The van der Waals surface area contributed by atoms with Gasteiger partial charge in [0.1, 0.15) is 5.54 Å². The highest BCUT2D eigenvalue weighted by Crippen LogP contribution is 2.36. The van der Waals surface area contributed by atoms with Crippen LogP contribution in [0.5, 0.6) is 0 Å². The minimum Gasteiger partial charge on any atom is -0.269 e. The number of hydrogen-bond acceptors (Lipinski definition) is 3. The van der Waals surface area contributed by atoms with Crippen molar-refractivity contribution in [1.29, 1.82) is 5.26 Å². The van der Waals surface area contributed by atoms with Crippen molar-refractivity contribution in [3.63, 3.8) is 0 Å². The maximum Gasteiger partial charge on any atom is 0.263 e. The molecule has 2 rings (SSSR count). The van der Waals surface area contributed by atoms with Crippen LogP contribution in [0.1, 0.15) is 58.5 Å². The third-order valence-electron chi connectivity index (χ3n) is 4.26. The quantitative estimate of drug-likeness (QED) is 0.793. The van der Waals surface area contributed by atoms with E-state index >= 15 is 0 Å². The van der Waals surface area contributed by atoms with Crippen molar-refractivity contribution in [2.45, 2.75) is 46.1 Å². The van der Waals surface area contributed by atoms with E-state index in [1.165, 1.54) is 0 Å². The van der Waals surface area contributed by atoms with Crippen LogP contribution in [-0.4, -0.2) is 22.3 Å². The van der Waals surface area contributed by atoms with Crippen LogP contribution in [0.2, 0.25) is 0 Å². The highest BCUT2D eigenvalue weighted by atomic mass is 16.2. The van der Waals surface area contributed by atoms with E-state index in [9.17, 15) is 14.9 Å². The summed E-state index contributed by atoms with van der Waals surface area (Å²) in [6.45, 7) is 7.30. The standard InChI is InChI=1S/C16H18N2O2/c1-5-16(6-2,9-17)18-14(19)12-10(3)7-8-11(4)13(12)15(18)20/h7-8H,5-6H2,1-4H3. The van der Waals surface area contributed by atoms with Crippen LogP contribution in [0.3, 0.4) is 0 Å². The molecule has 0 radical (unpaired) electrons. The van der Waals surface area contributed by atoms with Crippen molar-refractivity contribution in [3.05, 3.63) is 34.4 Å². The maximum atomic E-state index is 12.7. The number of carbonyl (C=O) groups excluding carboxylic acids is 2. The molecule has 0 N–H and O–H groups in total. The minimum absolute atomic E-state index is 0.337. The summed E-state index contributed by atoms with van der Waals surface area (Å²) < 4.78 is 0. The van der Waals surface area contributed by atoms with Gasteiger partial charge in [-0.15, -0.1) is 0 Å². The first-order chi connectivity index (χ1) is 9.43. The SMILES string of the molecule is CCC(C#N)(CC)N1C(=O)c2c(C)ccc(C)c2C1=O. The van der Waals surface area contributed by atoms with Crippen LogP contribution < -0.4 is 0 Å². The van der Waals surface area contributed by atoms with Crippen molar-refractivity contribution in [2.24, 2.45) is 0 Å². The highest BCUT2D eigenvalue weighted by Gasteiger charge is 2.48. The molecule has 4 nitrogen and oxygen atoms in total. The topological polar surface area (TPSA) is 61.2 Å². The molecule has 1 aromatic carbocycles. The van der Waals surface area contributed by atoms with E-state index in [0.29, 0.717) is 24.0 Å². The second-order valence-electron chi connectivity index (χ2n) is 5.25. The van der Waals surface area contributed by atoms with Gasteiger partial charge in [-0.3, -0.25) is 14.5 Å². The number of imide groups is 1. The lowest BCUT2D eigenvalue weighted by atomic mass is 9.92. The van der Waals surface area contributed by atoms with Gasteiger partial charge in [-0.2, -0.15) is 5.26 Å². The molecule has 1 aromatic rings. The highest BCUT2D eigenvalue weighted by molar-refractivity contribution is 6.23. The molecule has 104 valence electrons. The second kappa shape index (κ2) is 4.75.